The van der Waals surface area contributed by atoms with Gasteiger partial charge in [0.15, 0.2) is 5.69 Å². The van der Waals surface area contributed by atoms with Crippen molar-refractivity contribution in [3.8, 4) is 0 Å². The fraction of sp³-hybridized carbons (Fsp3) is 0.667. The van der Waals surface area contributed by atoms with Gasteiger partial charge in [0.05, 0.1) is 0 Å². The average molecular weight is 219 g/mol. The Morgan fingerprint density at radius 2 is 2.20 bits per heavy atom. The third kappa shape index (κ3) is 2.31. The lowest BCUT2D eigenvalue weighted by molar-refractivity contribution is -0.141. The summed E-state index contributed by atoms with van der Waals surface area (Å²) in [5.74, 6) is 0. The van der Waals surface area contributed by atoms with Gasteiger partial charge >= 0.3 is 6.18 Å². The molecule has 0 aromatic carbocycles. The standard InChI is InChI=1S/C9H12F3N3/c10-9(11,12)7-4-6-15(14-7)8-3-1-2-5-13-8/h4,6,8,13H,1-3,5H2/t8-/m0/s1. The molecule has 0 radical (unpaired) electrons. The Morgan fingerprint density at radius 1 is 1.40 bits per heavy atom. The van der Waals surface area contributed by atoms with E-state index in [4.69, 9.17) is 0 Å². The molecule has 0 saturated carbocycles. The number of nitrogens with one attached hydrogen (secondary N) is 1. The van der Waals surface area contributed by atoms with Gasteiger partial charge in [-0.2, -0.15) is 18.3 Å². The normalized spacial score (nSPS) is 23.0. The Balaban J connectivity index is 2.12. The van der Waals surface area contributed by atoms with Crippen LogP contribution in [-0.2, 0) is 6.18 Å². The van der Waals surface area contributed by atoms with Crippen LogP contribution in [-0.4, -0.2) is 16.3 Å². The maximum absolute atomic E-state index is 12.3. The predicted molar refractivity (Wildman–Crippen MR) is 48.1 cm³/mol. The van der Waals surface area contributed by atoms with E-state index < -0.39 is 11.9 Å². The monoisotopic (exact) mass is 219 g/mol. The summed E-state index contributed by atoms with van der Waals surface area (Å²) in [5.41, 5.74) is -0.824. The summed E-state index contributed by atoms with van der Waals surface area (Å²) in [4.78, 5) is 0. The zero-order valence-electron chi connectivity index (χ0n) is 8.09. The minimum Gasteiger partial charge on any atom is -0.296 e. The van der Waals surface area contributed by atoms with Crippen LogP contribution < -0.4 is 5.32 Å². The van der Waals surface area contributed by atoms with E-state index in [0.29, 0.717) is 0 Å². The number of alkyl halides is 3. The van der Waals surface area contributed by atoms with Crippen LogP contribution >= 0.6 is 0 Å². The molecule has 6 heteroatoms. The molecule has 15 heavy (non-hydrogen) atoms. The first-order valence-corrected chi connectivity index (χ1v) is 4.93. The van der Waals surface area contributed by atoms with E-state index in [9.17, 15) is 13.2 Å². The van der Waals surface area contributed by atoms with Gasteiger partial charge in [-0.25, -0.2) is 0 Å². The molecule has 1 N–H and O–H groups in total. The second-order valence-electron chi connectivity index (χ2n) is 3.64. The third-order valence-corrected chi connectivity index (χ3v) is 2.50. The number of hydrogen-bond acceptors (Lipinski definition) is 2. The van der Waals surface area contributed by atoms with Crippen LogP contribution in [0.2, 0.25) is 0 Å². The first-order chi connectivity index (χ1) is 7.07. The molecule has 2 rings (SSSR count). The average Bonchev–Trinajstić information content (AvgIpc) is 2.67. The molecule has 0 spiro atoms. The summed E-state index contributed by atoms with van der Waals surface area (Å²) in [7, 11) is 0. The highest BCUT2D eigenvalue weighted by atomic mass is 19.4. The molecule has 1 aromatic heterocycles. The summed E-state index contributed by atoms with van der Waals surface area (Å²) in [5, 5.41) is 6.67. The van der Waals surface area contributed by atoms with Gasteiger partial charge in [0, 0.05) is 6.20 Å². The Morgan fingerprint density at radius 3 is 2.73 bits per heavy atom. The molecule has 0 aliphatic carbocycles. The molecule has 1 saturated heterocycles. The van der Waals surface area contributed by atoms with E-state index in [1.165, 1.54) is 10.9 Å². The van der Waals surface area contributed by atoms with Gasteiger partial charge in [-0.15, -0.1) is 0 Å². The number of hydrogen-bond donors (Lipinski definition) is 1. The van der Waals surface area contributed by atoms with Crippen LogP contribution in [0, 0.1) is 0 Å². The molecule has 1 atom stereocenters. The first-order valence-electron chi connectivity index (χ1n) is 4.93. The van der Waals surface area contributed by atoms with Crippen LogP contribution in [0.4, 0.5) is 13.2 Å². The zero-order valence-corrected chi connectivity index (χ0v) is 8.09. The second-order valence-corrected chi connectivity index (χ2v) is 3.64. The number of halogens is 3. The van der Waals surface area contributed by atoms with Gasteiger partial charge in [-0.05, 0) is 31.9 Å². The lowest BCUT2D eigenvalue weighted by Crippen LogP contribution is -2.31. The van der Waals surface area contributed by atoms with Crippen molar-refractivity contribution >= 4 is 0 Å². The van der Waals surface area contributed by atoms with E-state index in [0.717, 1.165) is 31.9 Å². The molecule has 1 aliphatic heterocycles. The van der Waals surface area contributed by atoms with E-state index >= 15 is 0 Å². The summed E-state index contributed by atoms with van der Waals surface area (Å²) in [6, 6.07) is 1.01. The number of rotatable bonds is 1. The van der Waals surface area contributed by atoms with Crippen molar-refractivity contribution in [2.24, 2.45) is 0 Å². The molecule has 0 unspecified atom stereocenters. The fourth-order valence-electron chi connectivity index (χ4n) is 1.72. The van der Waals surface area contributed by atoms with Crippen molar-refractivity contribution in [2.75, 3.05) is 6.54 Å². The van der Waals surface area contributed by atoms with Crippen LogP contribution in [0.5, 0.6) is 0 Å². The van der Waals surface area contributed by atoms with Crippen molar-refractivity contribution < 1.29 is 13.2 Å². The molecular weight excluding hydrogens is 207 g/mol. The van der Waals surface area contributed by atoms with Gasteiger partial charge in [0.2, 0.25) is 0 Å². The molecular formula is C9H12F3N3. The van der Waals surface area contributed by atoms with Crippen molar-refractivity contribution in [3.63, 3.8) is 0 Å². The topological polar surface area (TPSA) is 29.9 Å². The van der Waals surface area contributed by atoms with E-state index in [2.05, 4.69) is 10.4 Å². The van der Waals surface area contributed by atoms with Crippen LogP contribution in [0.15, 0.2) is 12.3 Å². The summed E-state index contributed by atoms with van der Waals surface area (Å²) in [6.45, 7) is 0.839. The maximum Gasteiger partial charge on any atom is 0.435 e. The van der Waals surface area contributed by atoms with Gasteiger partial charge < -0.3 is 0 Å². The Labute approximate surface area is 85.3 Å². The summed E-state index contributed by atoms with van der Waals surface area (Å²) < 4.78 is 38.2. The van der Waals surface area contributed by atoms with E-state index in [1.54, 1.807) is 0 Å². The van der Waals surface area contributed by atoms with Gasteiger partial charge in [0.25, 0.3) is 0 Å². The molecule has 0 bridgehead atoms. The molecule has 84 valence electrons. The minimum absolute atomic E-state index is 0.0881. The molecule has 1 fully saturated rings. The zero-order chi connectivity index (χ0) is 10.9. The predicted octanol–water partition coefficient (Wildman–Crippen LogP) is 2.17. The molecule has 1 aliphatic rings. The minimum atomic E-state index is -4.35. The Kier molecular flexibility index (Phi) is 2.68. The molecule has 1 aromatic rings. The van der Waals surface area contributed by atoms with Crippen molar-refractivity contribution in [3.05, 3.63) is 18.0 Å². The number of piperidine rings is 1. The highest BCUT2D eigenvalue weighted by Crippen LogP contribution is 2.28. The highest BCUT2D eigenvalue weighted by Gasteiger charge is 2.34. The van der Waals surface area contributed by atoms with Crippen molar-refractivity contribution in [1.82, 2.24) is 15.1 Å². The van der Waals surface area contributed by atoms with Gasteiger partial charge in [-0.3, -0.25) is 10.00 Å². The van der Waals surface area contributed by atoms with Crippen LogP contribution in [0.1, 0.15) is 31.1 Å². The van der Waals surface area contributed by atoms with Gasteiger partial charge in [0.1, 0.15) is 6.17 Å². The lowest BCUT2D eigenvalue weighted by Gasteiger charge is -2.23. The number of aromatic nitrogens is 2. The lowest BCUT2D eigenvalue weighted by atomic mass is 10.1. The molecule has 0 amide bonds. The maximum atomic E-state index is 12.3. The van der Waals surface area contributed by atoms with Crippen LogP contribution in [0.25, 0.3) is 0 Å². The number of nitrogens with zero attached hydrogens (tertiary/aromatic N) is 2. The van der Waals surface area contributed by atoms with E-state index in [-0.39, 0.29) is 6.17 Å². The Bertz CT molecular complexity index is 326. The summed E-state index contributed by atoms with van der Waals surface area (Å²) in [6.07, 6.45) is -0.122. The largest absolute Gasteiger partial charge is 0.435 e. The van der Waals surface area contributed by atoms with Crippen molar-refractivity contribution in [2.45, 2.75) is 31.6 Å². The quantitative estimate of drug-likeness (QED) is 0.784. The van der Waals surface area contributed by atoms with Crippen LogP contribution in [0.3, 0.4) is 0 Å². The van der Waals surface area contributed by atoms with E-state index in [1.807, 2.05) is 0 Å². The molecule has 3 nitrogen and oxygen atoms in total. The Hall–Kier alpha value is -1.04. The first kappa shape index (κ1) is 10.5. The third-order valence-electron chi connectivity index (χ3n) is 2.50. The van der Waals surface area contributed by atoms with Gasteiger partial charge in [-0.1, -0.05) is 0 Å². The summed E-state index contributed by atoms with van der Waals surface area (Å²) >= 11 is 0. The highest BCUT2D eigenvalue weighted by molar-refractivity contribution is 5.03. The fourth-order valence-corrected chi connectivity index (χ4v) is 1.72. The SMILES string of the molecule is FC(F)(F)c1ccn([C@H]2CCCCN2)n1. The van der Waals surface area contributed by atoms with Crippen molar-refractivity contribution in [1.29, 1.82) is 0 Å². The molecule has 2 heterocycles. The smallest absolute Gasteiger partial charge is 0.296 e. The second kappa shape index (κ2) is 3.84.